The monoisotopic (exact) mass is 434 g/mol. The molecule has 0 unspecified atom stereocenters. The molecule has 1 fully saturated rings. The Labute approximate surface area is 173 Å². The number of phenolic OH excluding ortho intramolecular Hbond substituents is 4. The molecule has 164 valence electrons. The molecule has 3 aromatic rings. The summed E-state index contributed by atoms with van der Waals surface area (Å²) in [5.74, 6) is -2.79. The van der Waals surface area contributed by atoms with Crippen molar-refractivity contribution in [3.63, 3.8) is 0 Å². The first-order valence-electron chi connectivity index (χ1n) is 9.05. The molecule has 1 aromatic heterocycles. The maximum absolute atomic E-state index is 13.1. The number of hydrogen-bond donors (Lipinski definition) is 7. The molecule has 11 heteroatoms. The minimum atomic E-state index is -1.73. The van der Waals surface area contributed by atoms with Gasteiger partial charge < -0.3 is 49.6 Å². The summed E-state index contributed by atoms with van der Waals surface area (Å²) in [5, 5.41) is 68.6. The van der Waals surface area contributed by atoms with Crippen LogP contribution in [0.2, 0.25) is 0 Å². The third-order valence-corrected chi connectivity index (χ3v) is 4.84. The van der Waals surface area contributed by atoms with Crippen LogP contribution >= 0.6 is 0 Å². The van der Waals surface area contributed by atoms with Crippen LogP contribution in [0.4, 0.5) is 0 Å². The van der Waals surface area contributed by atoms with Crippen molar-refractivity contribution in [3.05, 3.63) is 40.6 Å². The lowest BCUT2D eigenvalue weighted by molar-refractivity contribution is -0.242. The van der Waals surface area contributed by atoms with Gasteiger partial charge in [-0.1, -0.05) is 0 Å². The molecule has 4 atom stereocenters. The summed E-state index contributed by atoms with van der Waals surface area (Å²) in [6, 6.07) is 5.50. The topological polar surface area (TPSA) is 190 Å². The van der Waals surface area contributed by atoms with Gasteiger partial charge >= 0.3 is 0 Å². The van der Waals surface area contributed by atoms with Gasteiger partial charge in [0.25, 0.3) is 0 Å². The summed E-state index contributed by atoms with van der Waals surface area (Å²) in [7, 11) is 0. The largest absolute Gasteiger partial charge is 0.508 e. The fraction of sp³-hybridized carbons (Fsp3) is 0.250. The van der Waals surface area contributed by atoms with E-state index in [0.29, 0.717) is 0 Å². The highest BCUT2D eigenvalue weighted by Gasteiger charge is 2.40. The Hall–Kier alpha value is -3.51. The van der Waals surface area contributed by atoms with Crippen molar-refractivity contribution in [2.24, 2.45) is 0 Å². The van der Waals surface area contributed by atoms with Crippen LogP contribution in [0.15, 0.2) is 39.5 Å². The second kappa shape index (κ2) is 7.63. The van der Waals surface area contributed by atoms with Crippen LogP contribution in [0, 0.1) is 0 Å². The highest BCUT2D eigenvalue weighted by atomic mass is 16.7. The van der Waals surface area contributed by atoms with Crippen molar-refractivity contribution in [3.8, 4) is 40.1 Å². The molecular formula is C20H18O11. The Morgan fingerprint density at radius 3 is 2.35 bits per heavy atom. The zero-order valence-corrected chi connectivity index (χ0v) is 15.7. The van der Waals surface area contributed by atoms with E-state index in [1.165, 1.54) is 6.07 Å². The van der Waals surface area contributed by atoms with Gasteiger partial charge in [-0.2, -0.15) is 0 Å². The molecule has 0 saturated carbocycles. The third-order valence-electron chi connectivity index (χ3n) is 4.84. The highest BCUT2D eigenvalue weighted by molar-refractivity contribution is 5.88. The molecule has 0 aliphatic carbocycles. The van der Waals surface area contributed by atoms with Gasteiger partial charge in [0.05, 0.1) is 6.61 Å². The summed E-state index contributed by atoms with van der Waals surface area (Å²) in [6.45, 7) is -0.393. The standard InChI is InChI=1S/C20H18O11/c21-8-4-11(24)14-13(5-8)30-18(7-1-2-9(22)10(23)3-7)19(16(14)27)31-20-17(28)15(26)12(25)6-29-20/h1-5,12,15,17,20-26,28H,6H2/t12-,15+,17-,20-/m0/s1. The van der Waals surface area contributed by atoms with Crippen LogP contribution in [0.3, 0.4) is 0 Å². The molecule has 11 nitrogen and oxygen atoms in total. The van der Waals surface area contributed by atoms with Gasteiger partial charge in [0, 0.05) is 17.7 Å². The highest BCUT2D eigenvalue weighted by Crippen LogP contribution is 2.39. The fourth-order valence-corrected chi connectivity index (χ4v) is 3.23. The van der Waals surface area contributed by atoms with Gasteiger partial charge in [0.1, 0.15) is 40.8 Å². The van der Waals surface area contributed by atoms with Gasteiger partial charge in [-0.25, -0.2) is 0 Å². The molecule has 1 aliphatic heterocycles. The summed E-state index contributed by atoms with van der Waals surface area (Å²) in [6.07, 6.45) is -6.29. The molecule has 1 saturated heterocycles. The molecule has 0 amide bonds. The third kappa shape index (κ3) is 3.59. The number of fused-ring (bicyclic) bond motifs is 1. The van der Waals surface area contributed by atoms with Crippen molar-refractivity contribution in [2.75, 3.05) is 6.61 Å². The number of aliphatic hydroxyl groups is 3. The van der Waals surface area contributed by atoms with E-state index in [2.05, 4.69) is 0 Å². The summed E-state index contributed by atoms with van der Waals surface area (Å²) < 4.78 is 16.3. The Bertz CT molecular complexity index is 1200. The molecule has 31 heavy (non-hydrogen) atoms. The van der Waals surface area contributed by atoms with E-state index in [0.717, 1.165) is 24.3 Å². The number of rotatable bonds is 3. The molecular weight excluding hydrogens is 416 g/mol. The Balaban J connectivity index is 1.92. The summed E-state index contributed by atoms with van der Waals surface area (Å²) >= 11 is 0. The first-order valence-corrected chi connectivity index (χ1v) is 9.05. The van der Waals surface area contributed by atoms with Crippen LogP contribution in [-0.4, -0.2) is 67.0 Å². The average Bonchev–Trinajstić information content (AvgIpc) is 2.71. The van der Waals surface area contributed by atoms with Gasteiger partial charge in [-0.05, 0) is 18.2 Å². The second-order valence-corrected chi connectivity index (χ2v) is 7.00. The molecule has 4 rings (SSSR count). The Morgan fingerprint density at radius 2 is 1.65 bits per heavy atom. The first kappa shape index (κ1) is 20.8. The number of phenols is 4. The van der Waals surface area contributed by atoms with Crippen LogP contribution in [0.1, 0.15) is 0 Å². The smallest absolute Gasteiger partial charge is 0.239 e. The van der Waals surface area contributed by atoms with Crippen molar-refractivity contribution in [2.45, 2.75) is 24.6 Å². The molecule has 0 bridgehead atoms. The Morgan fingerprint density at radius 1 is 0.903 bits per heavy atom. The average molecular weight is 434 g/mol. The van der Waals surface area contributed by atoms with Crippen LogP contribution in [-0.2, 0) is 4.74 Å². The van der Waals surface area contributed by atoms with Gasteiger partial charge in [-0.15, -0.1) is 0 Å². The first-order chi connectivity index (χ1) is 14.7. The summed E-state index contributed by atoms with van der Waals surface area (Å²) in [5.41, 5.74) is -1.05. The second-order valence-electron chi connectivity index (χ2n) is 7.00. The quantitative estimate of drug-likeness (QED) is 0.277. The molecule has 0 radical (unpaired) electrons. The fourth-order valence-electron chi connectivity index (χ4n) is 3.23. The molecule has 2 heterocycles. The van der Waals surface area contributed by atoms with Crippen LogP contribution < -0.4 is 10.2 Å². The Kier molecular flexibility index (Phi) is 5.11. The van der Waals surface area contributed by atoms with E-state index in [9.17, 15) is 40.5 Å². The molecule has 0 spiro atoms. The predicted octanol–water partition coefficient (Wildman–Crippen LogP) is 0.100. The van der Waals surface area contributed by atoms with Crippen molar-refractivity contribution >= 4 is 11.0 Å². The van der Waals surface area contributed by atoms with Crippen LogP contribution in [0.25, 0.3) is 22.3 Å². The molecule has 2 aromatic carbocycles. The van der Waals surface area contributed by atoms with Crippen molar-refractivity contribution in [1.82, 2.24) is 0 Å². The zero-order chi connectivity index (χ0) is 22.4. The number of hydrogen-bond acceptors (Lipinski definition) is 11. The van der Waals surface area contributed by atoms with Crippen LogP contribution in [0.5, 0.6) is 28.7 Å². The van der Waals surface area contributed by atoms with E-state index >= 15 is 0 Å². The normalized spacial score (nSPS) is 23.7. The minimum absolute atomic E-state index is 0.0676. The lowest BCUT2D eigenvalue weighted by Gasteiger charge is -2.34. The number of ether oxygens (including phenoxy) is 2. The van der Waals surface area contributed by atoms with E-state index in [4.69, 9.17) is 13.9 Å². The molecule has 1 aliphatic rings. The minimum Gasteiger partial charge on any atom is -0.508 e. The van der Waals surface area contributed by atoms with Crippen molar-refractivity contribution < 1.29 is 49.6 Å². The summed E-state index contributed by atoms with van der Waals surface area (Å²) in [4.78, 5) is 13.1. The number of aliphatic hydroxyl groups excluding tert-OH is 3. The maximum Gasteiger partial charge on any atom is 0.239 e. The lowest BCUT2D eigenvalue weighted by atomic mass is 10.1. The zero-order valence-electron chi connectivity index (χ0n) is 15.7. The van der Waals surface area contributed by atoms with Gasteiger partial charge in [0.2, 0.25) is 17.5 Å². The predicted molar refractivity (Wildman–Crippen MR) is 103 cm³/mol. The number of benzene rings is 2. The van der Waals surface area contributed by atoms with E-state index < -0.39 is 59.6 Å². The van der Waals surface area contributed by atoms with E-state index in [-0.39, 0.29) is 28.0 Å². The SMILES string of the molecule is O=c1c(O[C@@H]2OC[C@H](O)[C@@H](O)[C@@H]2O)c(-c2ccc(O)c(O)c2)oc2cc(O)cc(O)c12. The van der Waals surface area contributed by atoms with E-state index in [1.54, 1.807) is 0 Å². The van der Waals surface area contributed by atoms with Gasteiger partial charge in [-0.3, -0.25) is 4.79 Å². The lowest BCUT2D eigenvalue weighted by Crippen LogP contribution is -2.55. The maximum atomic E-state index is 13.1. The van der Waals surface area contributed by atoms with Gasteiger partial charge in [0.15, 0.2) is 17.3 Å². The number of aromatic hydroxyl groups is 4. The van der Waals surface area contributed by atoms with E-state index in [1.807, 2.05) is 0 Å². The van der Waals surface area contributed by atoms with Crippen molar-refractivity contribution in [1.29, 1.82) is 0 Å². The molecule has 7 N–H and O–H groups in total.